The predicted molar refractivity (Wildman–Crippen MR) is 131 cm³/mol. The average molecular weight is 463 g/mol. The number of rotatable bonds is 5. The number of aromatic nitrogens is 1. The summed E-state index contributed by atoms with van der Waals surface area (Å²) in [4.78, 5) is 35.0. The number of nitrogens with zero attached hydrogens (tertiary/aromatic N) is 3. The third kappa shape index (κ3) is 4.27. The van der Waals surface area contributed by atoms with Gasteiger partial charge in [0.2, 0.25) is 11.8 Å². The number of hydrogen-bond acceptors (Lipinski definition) is 3. The Labute approximate surface area is 199 Å². The summed E-state index contributed by atoms with van der Waals surface area (Å²) >= 11 is 0. The van der Waals surface area contributed by atoms with Crippen LogP contribution in [-0.2, 0) is 16.0 Å². The maximum Gasteiger partial charge on any atom is 0.228 e. The zero-order valence-electron chi connectivity index (χ0n) is 19.8. The highest BCUT2D eigenvalue weighted by molar-refractivity contribution is 5.89. The van der Waals surface area contributed by atoms with Crippen LogP contribution in [0.25, 0.3) is 10.9 Å². The van der Waals surface area contributed by atoms with Crippen LogP contribution in [0.15, 0.2) is 42.6 Å². The zero-order chi connectivity index (χ0) is 23.8. The molecule has 2 amide bonds. The van der Waals surface area contributed by atoms with E-state index in [0.717, 1.165) is 29.6 Å². The summed E-state index contributed by atoms with van der Waals surface area (Å²) in [5.41, 5.74) is 5.68. The van der Waals surface area contributed by atoms with Gasteiger partial charge in [0.05, 0.1) is 5.92 Å². The van der Waals surface area contributed by atoms with Crippen LogP contribution in [0.4, 0.5) is 10.1 Å². The first-order valence-electron chi connectivity index (χ1n) is 12.0. The molecule has 2 saturated heterocycles. The number of amides is 2. The van der Waals surface area contributed by atoms with Crippen LogP contribution >= 0.6 is 0 Å². The Morgan fingerprint density at radius 3 is 2.71 bits per heavy atom. The van der Waals surface area contributed by atoms with Gasteiger partial charge in [-0.05, 0) is 61.2 Å². The van der Waals surface area contributed by atoms with Gasteiger partial charge >= 0.3 is 0 Å². The van der Waals surface area contributed by atoms with E-state index in [0.29, 0.717) is 32.6 Å². The number of H-pyrrole nitrogens is 1. The Balaban J connectivity index is 1.16. The number of benzene rings is 2. The topological polar surface area (TPSA) is 59.7 Å². The van der Waals surface area contributed by atoms with E-state index in [9.17, 15) is 14.0 Å². The molecule has 0 saturated carbocycles. The van der Waals surface area contributed by atoms with Crippen LogP contribution in [0.2, 0.25) is 0 Å². The largest absolute Gasteiger partial charge is 0.368 e. The minimum atomic E-state index is -0.278. The lowest BCUT2D eigenvalue weighted by atomic mass is 10.1. The van der Waals surface area contributed by atoms with E-state index in [1.807, 2.05) is 11.1 Å². The van der Waals surface area contributed by atoms with E-state index in [1.165, 1.54) is 28.9 Å². The van der Waals surface area contributed by atoms with E-state index in [-0.39, 0.29) is 30.0 Å². The normalized spacial score (nSPS) is 18.9. The van der Waals surface area contributed by atoms with Gasteiger partial charge in [-0.25, -0.2) is 4.39 Å². The molecule has 1 unspecified atom stereocenters. The molecular weight excluding hydrogens is 431 g/mol. The number of halogens is 1. The Morgan fingerprint density at radius 1 is 1.12 bits per heavy atom. The first kappa shape index (κ1) is 22.4. The molecule has 2 aliphatic heterocycles. The molecule has 0 aliphatic carbocycles. The summed E-state index contributed by atoms with van der Waals surface area (Å²) < 4.78 is 13.6. The summed E-state index contributed by atoms with van der Waals surface area (Å²) in [5, 5.41) is 0.848. The van der Waals surface area contributed by atoms with Gasteiger partial charge in [0, 0.05) is 68.5 Å². The Bertz CT molecular complexity index is 1230. The molecule has 5 rings (SSSR count). The summed E-state index contributed by atoms with van der Waals surface area (Å²) in [6, 6.07) is 11.0. The fraction of sp³-hybridized carbons (Fsp3) is 0.407. The Kier molecular flexibility index (Phi) is 6.02. The number of nitrogens with one attached hydrogen (secondary N) is 1. The number of anilines is 1. The van der Waals surface area contributed by atoms with Gasteiger partial charge in [0.25, 0.3) is 0 Å². The van der Waals surface area contributed by atoms with Crippen LogP contribution in [0.1, 0.15) is 23.1 Å². The molecule has 1 N–H and O–H groups in total. The number of aryl methyl sites for hydroxylation is 1. The van der Waals surface area contributed by atoms with Crippen molar-refractivity contribution >= 4 is 28.4 Å². The molecule has 178 valence electrons. The quantitative estimate of drug-likeness (QED) is 0.630. The number of aromatic amines is 1. The summed E-state index contributed by atoms with van der Waals surface area (Å²) in [7, 11) is 0. The molecule has 3 heterocycles. The van der Waals surface area contributed by atoms with Crippen LogP contribution in [-0.4, -0.2) is 65.9 Å². The Hall–Kier alpha value is -3.35. The number of carbonyl (C=O) groups excluding carboxylic acids is 2. The Morgan fingerprint density at radius 2 is 1.91 bits per heavy atom. The third-order valence-corrected chi connectivity index (χ3v) is 7.45. The van der Waals surface area contributed by atoms with Crippen molar-refractivity contribution < 1.29 is 14.0 Å². The SMILES string of the molecule is Cc1cccc(N2CCN(C(=O)C3CC(=O)N(CCc4c[nH]c5ccc(F)cc45)C3)CC2)c1C. The molecule has 7 heteroatoms. The second kappa shape index (κ2) is 9.12. The van der Waals surface area contributed by atoms with Gasteiger partial charge in [0.15, 0.2) is 0 Å². The molecule has 2 fully saturated rings. The summed E-state index contributed by atoms with van der Waals surface area (Å²) in [6.45, 7) is 8.23. The molecule has 1 atom stereocenters. The van der Waals surface area contributed by atoms with Crippen LogP contribution in [0.5, 0.6) is 0 Å². The molecule has 2 aliphatic rings. The standard InChI is InChI=1S/C27H31FN4O2/c1-18-4-3-5-25(19(18)2)30-10-12-31(13-11-30)27(34)21-14-26(33)32(17-21)9-8-20-16-29-24-7-6-22(28)15-23(20)24/h3-7,15-16,21,29H,8-14,17H2,1-2H3. The minimum absolute atomic E-state index is 0.0263. The monoisotopic (exact) mass is 462 g/mol. The number of hydrogen-bond donors (Lipinski definition) is 1. The molecular formula is C27H31FN4O2. The summed E-state index contributed by atoms with van der Waals surface area (Å²) in [5.74, 6) is -0.432. The lowest BCUT2D eigenvalue weighted by molar-refractivity contribution is -0.136. The summed E-state index contributed by atoms with van der Waals surface area (Å²) in [6.07, 6.45) is 2.78. The number of carbonyl (C=O) groups is 2. The average Bonchev–Trinajstić information content (AvgIpc) is 3.41. The van der Waals surface area contributed by atoms with Crippen molar-refractivity contribution in [3.8, 4) is 0 Å². The number of likely N-dealkylation sites (tertiary alicyclic amines) is 1. The lowest BCUT2D eigenvalue weighted by Gasteiger charge is -2.38. The third-order valence-electron chi connectivity index (χ3n) is 7.45. The number of piperazine rings is 1. The van der Waals surface area contributed by atoms with Crippen LogP contribution < -0.4 is 4.90 Å². The highest BCUT2D eigenvalue weighted by Crippen LogP contribution is 2.26. The fourth-order valence-electron chi connectivity index (χ4n) is 5.27. The van der Waals surface area contributed by atoms with Gasteiger partial charge in [0.1, 0.15) is 5.82 Å². The van der Waals surface area contributed by atoms with E-state index in [1.54, 1.807) is 11.0 Å². The van der Waals surface area contributed by atoms with Gasteiger partial charge < -0.3 is 19.7 Å². The van der Waals surface area contributed by atoms with E-state index < -0.39 is 0 Å². The molecule has 0 spiro atoms. The first-order valence-corrected chi connectivity index (χ1v) is 12.0. The second-order valence-electron chi connectivity index (χ2n) is 9.53. The van der Waals surface area contributed by atoms with Gasteiger partial charge in [-0.15, -0.1) is 0 Å². The fourth-order valence-corrected chi connectivity index (χ4v) is 5.27. The minimum Gasteiger partial charge on any atom is -0.368 e. The molecule has 2 aromatic carbocycles. The zero-order valence-corrected chi connectivity index (χ0v) is 19.8. The molecule has 0 radical (unpaired) electrons. The van der Waals surface area contributed by atoms with E-state index in [4.69, 9.17) is 0 Å². The molecule has 6 nitrogen and oxygen atoms in total. The second-order valence-corrected chi connectivity index (χ2v) is 9.53. The van der Waals surface area contributed by atoms with Crippen molar-refractivity contribution in [2.45, 2.75) is 26.7 Å². The number of fused-ring (bicyclic) bond motifs is 1. The van der Waals surface area contributed by atoms with Gasteiger partial charge in [-0.1, -0.05) is 12.1 Å². The van der Waals surface area contributed by atoms with E-state index in [2.05, 4.69) is 41.9 Å². The highest BCUT2D eigenvalue weighted by atomic mass is 19.1. The highest BCUT2D eigenvalue weighted by Gasteiger charge is 2.37. The first-order chi connectivity index (χ1) is 16.4. The van der Waals surface area contributed by atoms with Crippen molar-refractivity contribution in [3.63, 3.8) is 0 Å². The van der Waals surface area contributed by atoms with E-state index >= 15 is 0 Å². The van der Waals surface area contributed by atoms with Crippen molar-refractivity contribution in [3.05, 3.63) is 65.1 Å². The molecule has 3 aromatic rings. The van der Waals surface area contributed by atoms with Crippen LogP contribution in [0.3, 0.4) is 0 Å². The molecule has 1 aromatic heterocycles. The van der Waals surface area contributed by atoms with Crippen molar-refractivity contribution in [2.75, 3.05) is 44.2 Å². The maximum absolute atomic E-state index is 13.6. The smallest absolute Gasteiger partial charge is 0.228 e. The van der Waals surface area contributed by atoms with Crippen molar-refractivity contribution in [2.24, 2.45) is 5.92 Å². The van der Waals surface area contributed by atoms with Crippen LogP contribution in [0, 0.1) is 25.6 Å². The van der Waals surface area contributed by atoms with Gasteiger partial charge in [-0.2, -0.15) is 0 Å². The maximum atomic E-state index is 13.6. The molecule has 34 heavy (non-hydrogen) atoms. The lowest BCUT2D eigenvalue weighted by Crippen LogP contribution is -2.51. The predicted octanol–water partition coefficient (Wildman–Crippen LogP) is 3.66. The van der Waals surface area contributed by atoms with Gasteiger partial charge in [-0.3, -0.25) is 9.59 Å². The van der Waals surface area contributed by atoms with Crippen molar-refractivity contribution in [1.29, 1.82) is 0 Å². The van der Waals surface area contributed by atoms with Crippen molar-refractivity contribution in [1.82, 2.24) is 14.8 Å². The molecule has 0 bridgehead atoms.